The number of fused-ring (bicyclic) bond motifs is 1. The number of ether oxygens (including phenoxy) is 1. The monoisotopic (exact) mass is 292 g/mol. The van der Waals surface area contributed by atoms with Gasteiger partial charge in [-0.15, -0.1) is 0 Å². The number of hydrogen-bond donors (Lipinski definition) is 2. The van der Waals surface area contributed by atoms with Crippen LogP contribution in [0.3, 0.4) is 0 Å². The van der Waals surface area contributed by atoms with Crippen molar-refractivity contribution in [1.29, 1.82) is 0 Å². The molecule has 4 nitrogen and oxygen atoms in total. The molecular weight excluding hydrogens is 264 g/mol. The highest BCUT2D eigenvalue weighted by molar-refractivity contribution is 5.45. The Labute approximate surface area is 128 Å². The van der Waals surface area contributed by atoms with E-state index in [-0.39, 0.29) is 6.61 Å². The van der Waals surface area contributed by atoms with Gasteiger partial charge in [-0.25, -0.2) is 0 Å². The lowest BCUT2D eigenvalue weighted by Gasteiger charge is -2.34. The van der Waals surface area contributed by atoms with Crippen LogP contribution in [0.5, 0.6) is 5.75 Å². The molecule has 0 fully saturated rings. The van der Waals surface area contributed by atoms with Crippen molar-refractivity contribution in [2.75, 3.05) is 33.4 Å². The van der Waals surface area contributed by atoms with Gasteiger partial charge in [0, 0.05) is 31.2 Å². The number of aliphatic hydroxyl groups is 1. The Balaban J connectivity index is 2.30. The number of likely N-dealkylation sites (N-methyl/N-ethyl adjacent to an activating group) is 1. The molecule has 2 rings (SSSR count). The van der Waals surface area contributed by atoms with Crippen LogP contribution >= 0.6 is 0 Å². The number of aliphatic hydroxyl groups excluding tert-OH is 1. The molecule has 2 N–H and O–H groups in total. The van der Waals surface area contributed by atoms with Gasteiger partial charge in [-0.05, 0) is 44.0 Å². The highest BCUT2D eigenvalue weighted by Gasteiger charge is 2.25. The van der Waals surface area contributed by atoms with Gasteiger partial charge in [-0.3, -0.25) is 4.90 Å². The summed E-state index contributed by atoms with van der Waals surface area (Å²) in [7, 11) is 2.20. The van der Waals surface area contributed by atoms with Gasteiger partial charge in [0.25, 0.3) is 0 Å². The van der Waals surface area contributed by atoms with E-state index in [0.29, 0.717) is 19.2 Å². The second-order valence-electron chi connectivity index (χ2n) is 5.65. The average molecular weight is 292 g/mol. The molecule has 1 aliphatic heterocycles. The predicted octanol–water partition coefficient (Wildman–Crippen LogP) is 2.11. The first kappa shape index (κ1) is 16.3. The average Bonchev–Trinajstić information content (AvgIpc) is 2.48. The Morgan fingerprint density at radius 1 is 1.38 bits per heavy atom. The quantitative estimate of drug-likeness (QED) is 0.756. The smallest absolute Gasteiger partial charge is 0.124 e. The third kappa shape index (κ3) is 3.76. The highest BCUT2D eigenvalue weighted by Crippen LogP contribution is 2.35. The molecule has 118 valence electrons. The van der Waals surface area contributed by atoms with Gasteiger partial charge in [-0.1, -0.05) is 13.0 Å². The summed E-state index contributed by atoms with van der Waals surface area (Å²) in [6, 6.07) is 5.02. The van der Waals surface area contributed by atoms with Crippen LogP contribution in [-0.2, 0) is 13.0 Å². The molecular formula is C17H28N2O2. The lowest BCUT2D eigenvalue weighted by Crippen LogP contribution is -2.32. The zero-order valence-corrected chi connectivity index (χ0v) is 13.5. The van der Waals surface area contributed by atoms with Crippen molar-refractivity contribution in [1.82, 2.24) is 10.2 Å². The molecule has 1 heterocycles. The Bertz CT molecular complexity index is 462. The number of rotatable bonds is 7. The third-order valence-electron chi connectivity index (χ3n) is 4.24. The number of nitrogens with zero attached hydrogens (tertiary/aromatic N) is 1. The lowest BCUT2D eigenvalue weighted by atomic mass is 9.89. The second-order valence-corrected chi connectivity index (χ2v) is 5.65. The van der Waals surface area contributed by atoms with Gasteiger partial charge in [0.1, 0.15) is 5.75 Å². The summed E-state index contributed by atoms with van der Waals surface area (Å²) in [6.07, 6.45) is 2.22. The van der Waals surface area contributed by atoms with Gasteiger partial charge in [0.15, 0.2) is 0 Å². The lowest BCUT2D eigenvalue weighted by molar-refractivity contribution is 0.224. The normalized spacial score (nSPS) is 18.6. The molecule has 0 radical (unpaired) electrons. The number of nitrogens with one attached hydrogen (secondary N) is 1. The van der Waals surface area contributed by atoms with Crippen LogP contribution < -0.4 is 10.1 Å². The molecule has 0 saturated heterocycles. The van der Waals surface area contributed by atoms with E-state index in [1.165, 1.54) is 16.7 Å². The fourth-order valence-corrected chi connectivity index (χ4v) is 3.17. The van der Waals surface area contributed by atoms with E-state index in [1.54, 1.807) is 0 Å². The standard InChI is InChI=1S/C17H28N2O2/c1-4-16-15-11-17(21-5-2)14(12-18-7-9-20)10-13(15)6-8-19(16)3/h10-11,16,18,20H,4-9,12H2,1-3H3. The van der Waals surface area contributed by atoms with Gasteiger partial charge < -0.3 is 15.2 Å². The molecule has 1 aromatic rings. The predicted molar refractivity (Wildman–Crippen MR) is 85.8 cm³/mol. The van der Waals surface area contributed by atoms with Crippen LogP contribution in [0.15, 0.2) is 12.1 Å². The van der Waals surface area contributed by atoms with E-state index >= 15 is 0 Å². The molecule has 21 heavy (non-hydrogen) atoms. The molecule has 1 atom stereocenters. The third-order valence-corrected chi connectivity index (χ3v) is 4.24. The summed E-state index contributed by atoms with van der Waals surface area (Å²) in [6.45, 7) is 7.58. The summed E-state index contributed by atoms with van der Waals surface area (Å²) in [5.41, 5.74) is 4.06. The molecule has 0 amide bonds. The van der Waals surface area contributed by atoms with E-state index in [4.69, 9.17) is 9.84 Å². The topological polar surface area (TPSA) is 44.7 Å². The van der Waals surface area contributed by atoms with Crippen LogP contribution in [0.2, 0.25) is 0 Å². The molecule has 1 aromatic carbocycles. The first-order valence-electron chi connectivity index (χ1n) is 8.01. The summed E-state index contributed by atoms with van der Waals surface area (Å²) >= 11 is 0. The second kappa shape index (κ2) is 7.78. The van der Waals surface area contributed by atoms with Crippen molar-refractivity contribution in [3.05, 3.63) is 28.8 Å². The summed E-state index contributed by atoms with van der Waals surface area (Å²) in [5.74, 6) is 0.982. The van der Waals surface area contributed by atoms with Crippen LogP contribution in [0.1, 0.15) is 43.0 Å². The van der Waals surface area contributed by atoms with Crippen LogP contribution in [0.25, 0.3) is 0 Å². The number of hydrogen-bond acceptors (Lipinski definition) is 4. The van der Waals surface area contributed by atoms with Crippen molar-refractivity contribution in [3.8, 4) is 5.75 Å². The molecule has 0 spiro atoms. The van der Waals surface area contributed by atoms with Gasteiger partial charge in [0.05, 0.1) is 13.2 Å². The van der Waals surface area contributed by atoms with Gasteiger partial charge in [-0.2, -0.15) is 0 Å². The maximum Gasteiger partial charge on any atom is 0.124 e. The van der Waals surface area contributed by atoms with E-state index in [0.717, 1.165) is 31.7 Å². The summed E-state index contributed by atoms with van der Waals surface area (Å²) < 4.78 is 5.84. The van der Waals surface area contributed by atoms with Crippen molar-refractivity contribution in [3.63, 3.8) is 0 Å². The fraction of sp³-hybridized carbons (Fsp3) is 0.647. The Morgan fingerprint density at radius 3 is 2.86 bits per heavy atom. The SMILES string of the molecule is CCOc1cc2c(cc1CNCCO)CCN(C)C2CC. The molecule has 0 bridgehead atoms. The van der Waals surface area contributed by atoms with E-state index in [2.05, 4.69) is 36.3 Å². The molecule has 0 aromatic heterocycles. The zero-order valence-electron chi connectivity index (χ0n) is 13.5. The van der Waals surface area contributed by atoms with E-state index < -0.39 is 0 Å². The minimum Gasteiger partial charge on any atom is -0.494 e. The van der Waals surface area contributed by atoms with Crippen molar-refractivity contribution < 1.29 is 9.84 Å². The van der Waals surface area contributed by atoms with Gasteiger partial charge >= 0.3 is 0 Å². The molecule has 1 aliphatic rings. The minimum atomic E-state index is 0.164. The van der Waals surface area contributed by atoms with Crippen molar-refractivity contribution in [2.24, 2.45) is 0 Å². The first-order valence-corrected chi connectivity index (χ1v) is 8.01. The largest absolute Gasteiger partial charge is 0.494 e. The molecule has 0 saturated carbocycles. The Hall–Kier alpha value is -1.10. The first-order chi connectivity index (χ1) is 10.2. The highest BCUT2D eigenvalue weighted by atomic mass is 16.5. The molecule has 0 aliphatic carbocycles. The van der Waals surface area contributed by atoms with Crippen LogP contribution in [0, 0.1) is 0 Å². The van der Waals surface area contributed by atoms with Crippen molar-refractivity contribution >= 4 is 0 Å². The van der Waals surface area contributed by atoms with Crippen molar-refractivity contribution in [2.45, 2.75) is 39.3 Å². The van der Waals surface area contributed by atoms with E-state index in [9.17, 15) is 0 Å². The van der Waals surface area contributed by atoms with E-state index in [1.807, 2.05) is 6.92 Å². The molecule has 1 unspecified atom stereocenters. The van der Waals surface area contributed by atoms with Crippen LogP contribution in [-0.4, -0.2) is 43.4 Å². The maximum absolute atomic E-state index is 8.91. The Kier molecular flexibility index (Phi) is 6.03. The summed E-state index contributed by atoms with van der Waals surface area (Å²) in [4.78, 5) is 2.43. The van der Waals surface area contributed by atoms with Gasteiger partial charge in [0.2, 0.25) is 0 Å². The Morgan fingerprint density at radius 2 is 2.19 bits per heavy atom. The molecule has 4 heteroatoms. The minimum absolute atomic E-state index is 0.164. The number of benzene rings is 1. The maximum atomic E-state index is 8.91. The summed E-state index contributed by atoms with van der Waals surface area (Å²) in [5, 5.41) is 12.2. The van der Waals surface area contributed by atoms with Crippen LogP contribution in [0.4, 0.5) is 0 Å². The zero-order chi connectivity index (χ0) is 15.2. The fourth-order valence-electron chi connectivity index (χ4n) is 3.17.